The van der Waals surface area contributed by atoms with Crippen molar-refractivity contribution in [3.8, 4) is 0 Å². The Balaban J connectivity index is 1.98. The van der Waals surface area contributed by atoms with Gasteiger partial charge in [0.2, 0.25) is 5.91 Å². The quantitative estimate of drug-likeness (QED) is 0.393. The smallest absolute Gasteiger partial charge is 0.436 e. The summed E-state index contributed by atoms with van der Waals surface area (Å²) >= 11 is 3.85. The highest BCUT2D eigenvalue weighted by Crippen LogP contribution is 2.48. The van der Waals surface area contributed by atoms with Crippen LogP contribution in [0.2, 0.25) is 0 Å². The minimum absolute atomic E-state index is 0.00709. The minimum atomic E-state index is -4.70. The molecule has 1 amide bonds. The maximum absolute atomic E-state index is 13.5. The number of anilines is 1. The van der Waals surface area contributed by atoms with Gasteiger partial charge in [-0.3, -0.25) is 9.48 Å². The maximum Gasteiger partial charge on any atom is 0.436 e. The van der Waals surface area contributed by atoms with Gasteiger partial charge >= 0.3 is 18.1 Å². The highest BCUT2D eigenvalue weighted by molar-refractivity contribution is 9.10. The number of aromatic nitrogens is 2. The van der Waals surface area contributed by atoms with Crippen molar-refractivity contribution in [1.82, 2.24) is 9.78 Å². The molecule has 8 nitrogen and oxygen atoms in total. The molecule has 1 unspecified atom stereocenters. The first kappa shape index (κ1) is 27.2. The normalized spacial score (nSPS) is 14.7. The van der Waals surface area contributed by atoms with Gasteiger partial charge in [0.05, 0.1) is 28.4 Å². The molecule has 1 fully saturated rings. The fourth-order valence-electron chi connectivity index (χ4n) is 3.47. The molecule has 2 heterocycles. The molecule has 0 bridgehead atoms. The Labute approximate surface area is 212 Å². The summed E-state index contributed by atoms with van der Waals surface area (Å²) in [5.74, 6) is -2.25. The van der Waals surface area contributed by atoms with Crippen molar-refractivity contribution in [2.24, 2.45) is 0 Å². The Morgan fingerprint density at radius 1 is 1.23 bits per heavy atom. The van der Waals surface area contributed by atoms with Crippen molar-refractivity contribution in [3.05, 3.63) is 31.9 Å². The molecule has 1 atom stereocenters. The van der Waals surface area contributed by atoms with Crippen molar-refractivity contribution >= 4 is 50.1 Å². The Bertz CT molecular complexity index is 1150. The molecular weight excluding hydrogens is 555 g/mol. The number of nitrogens with zero attached hydrogens (tertiary/aromatic N) is 2. The summed E-state index contributed by atoms with van der Waals surface area (Å²) in [4.78, 5) is 38.4. The van der Waals surface area contributed by atoms with Crippen molar-refractivity contribution < 1.29 is 37.0 Å². The molecule has 1 N–H and O–H groups in total. The number of carbonyl (C=O) groups is 3. The summed E-state index contributed by atoms with van der Waals surface area (Å²) in [6, 6.07) is -1.14. The lowest BCUT2D eigenvalue weighted by Crippen LogP contribution is -2.26. The Kier molecular flexibility index (Phi) is 7.99. The zero-order valence-corrected chi connectivity index (χ0v) is 22.1. The number of esters is 2. The molecular formula is C22H25BrF3N3O5S. The van der Waals surface area contributed by atoms with Crippen molar-refractivity contribution in [2.75, 3.05) is 11.9 Å². The van der Waals surface area contributed by atoms with Crippen LogP contribution < -0.4 is 5.32 Å². The van der Waals surface area contributed by atoms with Crippen LogP contribution >= 0.6 is 27.3 Å². The molecule has 1 aliphatic rings. The van der Waals surface area contributed by atoms with Gasteiger partial charge in [-0.1, -0.05) is 0 Å². The van der Waals surface area contributed by atoms with E-state index < -0.39 is 41.9 Å². The van der Waals surface area contributed by atoms with Gasteiger partial charge < -0.3 is 14.8 Å². The van der Waals surface area contributed by atoms with Crippen LogP contribution in [0.3, 0.4) is 0 Å². The van der Waals surface area contributed by atoms with Crippen LogP contribution in [0.15, 0.2) is 4.47 Å². The second kappa shape index (κ2) is 10.3. The fraction of sp³-hybridized carbons (Fsp3) is 0.545. The van der Waals surface area contributed by atoms with Crippen molar-refractivity contribution in [1.29, 1.82) is 0 Å². The molecule has 0 spiro atoms. The largest absolute Gasteiger partial charge is 0.462 e. The zero-order chi connectivity index (χ0) is 26.2. The summed E-state index contributed by atoms with van der Waals surface area (Å²) in [7, 11) is 0. The van der Waals surface area contributed by atoms with E-state index in [-0.39, 0.29) is 38.0 Å². The van der Waals surface area contributed by atoms with E-state index in [4.69, 9.17) is 9.47 Å². The third kappa shape index (κ3) is 5.71. The van der Waals surface area contributed by atoms with Crippen LogP contribution in [0, 0.1) is 6.92 Å². The number of ether oxygens (including phenoxy) is 2. The number of nitrogens with one attached hydrogen (secondary N) is 1. The van der Waals surface area contributed by atoms with E-state index in [1.807, 2.05) is 0 Å². The van der Waals surface area contributed by atoms with E-state index in [0.717, 1.165) is 16.0 Å². The van der Waals surface area contributed by atoms with Gasteiger partial charge in [0.1, 0.15) is 15.9 Å². The van der Waals surface area contributed by atoms with Gasteiger partial charge in [-0.05, 0) is 69.0 Å². The van der Waals surface area contributed by atoms with Gasteiger partial charge in [0.25, 0.3) is 0 Å². The maximum atomic E-state index is 13.5. The Hall–Kier alpha value is -2.41. The molecule has 35 heavy (non-hydrogen) atoms. The highest BCUT2D eigenvalue weighted by atomic mass is 79.9. The fourth-order valence-corrected chi connectivity index (χ4v) is 5.37. The summed E-state index contributed by atoms with van der Waals surface area (Å²) in [6.07, 6.45) is -3.78. The molecule has 0 aliphatic heterocycles. The predicted octanol–water partition coefficient (Wildman–Crippen LogP) is 5.85. The van der Waals surface area contributed by atoms with Crippen LogP contribution in [0.5, 0.6) is 0 Å². The predicted molar refractivity (Wildman–Crippen MR) is 126 cm³/mol. The number of amides is 1. The second-order valence-electron chi connectivity index (χ2n) is 8.36. The number of hydrogen-bond acceptors (Lipinski definition) is 7. The van der Waals surface area contributed by atoms with E-state index in [1.54, 1.807) is 20.8 Å². The van der Waals surface area contributed by atoms with E-state index >= 15 is 0 Å². The second-order valence-corrected chi connectivity index (χ2v) is 10.2. The average Bonchev–Trinajstić information content (AvgIpc) is 3.43. The van der Waals surface area contributed by atoms with Crippen molar-refractivity contribution in [3.63, 3.8) is 0 Å². The lowest BCUT2D eigenvalue weighted by atomic mass is 10.1. The zero-order valence-electron chi connectivity index (χ0n) is 19.7. The Morgan fingerprint density at radius 2 is 1.86 bits per heavy atom. The third-order valence-corrected chi connectivity index (χ3v) is 7.23. The van der Waals surface area contributed by atoms with Gasteiger partial charge in [-0.25, -0.2) is 9.59 Å². The molecule has 1 saturated carbocycles. The number of carbonyl (C=O) groups excluding carboxylic acids is 3. The van der Waals surface area contributed by atoms with Crippen LogP contribution in [0.25, 0.3) is 0 Å². The molecule has 192 valence electrons. The molecule has 13 heteroatoms. The number of hydrogen-bond donors (Lipinski definition) is 1. The molecule has 3 rings (SSSR count). The summed E-state index contributed by atoms with van der Waals surface area (Å²) in [5, 5.41) is 6.33. The van der Waals surface area contributed by atoms with Crippen LogP contribution in [-0.4, -0.2) is 40.3 Å². The van der Waals surface area contributed by atoms with Gasteiger partial charge in [-0.15, -0.1) is 11.3 Å². The molecule has 0 aromatic carbocycles. The molecule has 2 aromatic heterocycles. The van der Waals surface area contributed by atoms with Crippen LogP contribution in [0.4, 0.5) is 18.2 Å². The van der Waals surface area contributed by atoms with E-state index in [2.05, 4.69) is 26.3 Å². The lowest BCUT2D eigenvalue weighted by Gasteiger charge is -2.16. The van der Waals surface area contributed by atoms with Crippen LogP contribution in [0.1, 0.15) is 89.5 Å². The van der Waals surface area contributed by atoms with E-state index in [1.165, 1.54) is 13.8 Å². The molecule has 0 radical (unpaired) electrons. The van der Waals surface area contributed by atoms with Gasteiger partial charge in [-0.2, -0.15) is 18.3 Å². The lowest BCUT2D eigenvalue weighted by molar-refractivity contribution is -0.142. The third-order valence-electron chi connectivity index (χ3n) is 5.26. The topological polar surface area (TPSA) is 99.5 Å². The molecule has 1 aliphatic carbocycles. The highest BCUT2D eigenvalue weighted by Gasteiger charge is 2.43. The summed E-state index contributed by atoms with van der Waals surface area (Å²) in [5.41, 5.74) is -0.528. The molecule has 0 saturated heterocycles. The minimum Gasteiger partial charge on any atom is -0.462 e. The SMILES string of the molecule is CCOC(=O)c1sc(NC(=O)C(C)n2nc(C(F)(F)F)c(Br)c2C2CC2)c(C(=O)OC(C)C)c1C. The molecule has 2 aromatic rings. The number of halogens is 4. The monoisotopic (exact) mass is 579 g/mol. The standard InChI is InChI=1S/C22H25BrF3N3O5S/c1-6-33-21(32)16-10(4)13(20(31)34-9(2)3)19(35-16)27-18(30)11(5)29-15(12-7-8-12)14(23)17(28-29)22(24,25)26/h9,11-12H,6-8H2,1-5H3,(H,27,30). The number of thiophene rings is 1. The number of alkyl halides is 3. The first-order chi connectivity index (χ1) is 16.3. The van der Waals surface area contributed by atoms with Gasteiger partial charge in [0, 0.05) is 5.92 Å². The number of rotatable bonds is 8. The van der Waals surface area contributed by atoms with Crippen LogP contribution in [-0.2, 0) is 20.4 Å². The average molecular weight is 580 g/mol. The summed E-state index contributed by atoms with van der Waals surface area (Å²) in [6.45, 7) is 8.00. The van der Waals surface area contributed by atoms with E-state index in [0.29, 0.717) is 18.5 Å². The van der Waals surface area contributed by atoms with Crippen molar-refractivity contribution in [2.45, 2.75) is 71.7 Å². The first-order valence-electron chi connectivity index (χ1n) is 10.9. The first-order valence-corrected chi connectivity index (χ1v) is 12.6. The summed E-state index contributed by atoms with van der Waals surface area (Å²) < 4.78 is 51.6. The van der Waals surface area contributed by atoms with E-state index in [9.17, 15) is 27.6 Å². The Morgan fingerprint density at radius 3 is 2.37 bits per heavy atom. The van der Waals surface area contributed by atoms with Gasteiger partial charge in [0.15, 0.2) is 5.69 Å².